The number of fused-ring (bicyclic) bond motifs is 1. The molecule has 16 heavy (non-hydrogen) atoms. The standard InChI is InChI=1S/C13H9NO2/c1-14-11-8-7-9-5-3-4-6-10(9)12(11)13(15)16-2/h3-8H,2H3. The van der Waals surface area contributed by atoms with Crippen LogP contribution in [0.25, 0.3) is 15.6 Å². The van der Waals surface area contributed by atoms with Crippen molar-refractivity contribution in [1.82, 2.24) is 0 Å². The Morgan fingerprint density at radius 1 is 1.25 bits per heavy atom. The Labute approximate surface area is 93.1 Å². The van der Waals surface area contributed by atoms with Crippen molar-refractivity contribution in [3.8, 4) is 0 Å². The van der Waals surface area contributed by atoms with E-state index in [0.717, 1.165) is 10.8 Å². The molecule has 0 aliphatic carbocycles. The maximum Gasteiger partial charge on any atom is 0.327 e. The molecule has 0 bridgehead atoms. The van der Waals surface area contributed by atoms with Crippen LogP contribution in [0.2, 0.25) is 0 Å². The number of methoxy groups -OCH3 is 1. The maximum atomic E-state index is 11.6. The van der Waals surface area contributed by atoms with Crippen molar-refractivity contribution >= 4 is 22.4 Å². The highest BCUT2D eigenvalue weighted by molar-refractivity contribution is 6.09. The van der Waals surface area contributed by atoms with Gasteiger partial charge < -0.3 is 4.74 Å². The number of carbonyl (C=O) groups is 1. The normalized spacial score (nSPS) is 9.75. The molecular weight excluding hydrogens is 202 g/mol. The molecule has 0 unspecified atom stereocenters. The number of rotatable bonds is 1. The molecule has 0 spiro atoms. The fourth-order valence-corrected chi connectivity index (χ4v) is 1.67. The van der Waals surface area contributed by atoms with Crippen molar-refractivity contribution < 1.29 is 9.53 Å². The van der Waals surface area contributed by atoms with Crippen LogP contribution in [-0.4, -0.2) is 13.1 Å². The van der Waals surface area contributed by atoms with Gasteiger partial charge in [0.25, 0.3) is 0 Å². The highest BCUT2D eigenvalue weighted by atomic mass is 16.5. The quantitative estimate of drug-likeness (QED) is 0.535. The second kappa shape index (κ2) is 4.03. The molecule has 0 saturated heterocycles. The van der Waals surface area contributed by atoms with Gasteiger partial charge in [-0.05, 0) is 10.8 Å². The van der Waals surface area contributed by atoms with E-state index in [4.69, 9.17) is 11.3 Å². The van der Waals surface area contributed by atoms with E-state index in [1.54, 1.807) is 6.07 Å². The average molecular weight is 211 g/mol. The number of hydrogen-bond acceptors (Lipinski definition) is 2. The van der Waals surface area contributed by atoms with Gasteiger partial charge in [-0.3, -0.25) is 0 Å². The number of benzene rings is 2. The van der Waals surface area contributed by atoms with Gasteiger partial charge in [0.15, 0.2) is 0 Å². The minimum Gasteiger partial charge on any atom is -0.466 e. The summed E-state index contributed by atoms with van der Waals surface area (Å²) in [6.45, 7) is 7.05. The van der Waals surface area contributed by atoms with Crippen LogP contribution < -0.4 is 0 Å². The smallest absolute Gasteiger partial charge is 0.327 e. The summed E-state index contributed by atoms with van der Waals surface area (Å²) in [6.07, 6.45) is 0. The predicted octanol–water partition coefficient (Wildman–Crippen LogP) is 3.18. The minimum atomic E-state index is -0.470. The van der Waals surface area contributed by atoms with Crippen molar-refractivity contribution in [3.63, 3.8) is 0 Å². The number of nitrogens with zero attached hydrogens (tertiary/aromatic N) is 1. The van der Waals surface area contributed by atoms with Crippen molar-refractivity contribution in [1.29, 1.82) is 0 Å². The van der Waals surface area contributed by atoms with E-state index in [1.165, 1.54) is 7.11 Å². The lowest BCUT2D eigenvalue weighted by Crippen LogP contribution is -2.02. The van der Waals surface area contributed by atoms with Crippen LogP contribution in [0.1, 0.15) is 10.4 Å². The number of carbonyl (C=O) groups excluding carboxylic acids is 1. The molecule has 0 aromatic heterocycles. The van der Waals surface area contributed by atoms with E-state index in [1.807, 2.05) is 30.3 Å². The SMILES string of the molecule is [C-]#[N+]c1ccc2ccccc2c1C(=O)OC. The highest BCUT2D eigenvalue weighted by Crippen LogP contribution is 2.28. The molecule has 0 amide bonds. The molecule has 0 heterocycles. The third-order valence-electron chi connectivity index (χ3n) is 2.42. The van der Waals surface area contributed by atoms with Crippen molar-refractivity contribution in [2.45, 2.75) is 0 Å². The fraction of sp³-hybridized carbons (Fsp3) is 0.0769. The zero-order valence-electron chi connectivity index (χ0n) is 8.73. The lowest BCUT2D eigenvalue weighted by Gasteiger charge is -2.06. The lowest BCUT2D eigenvalue weighted by atomic mass is 10.0. The Hall–Kier alpha value is -2.34. The maximum absolute atomic E-state index is 11.6. The zero-order valence-corrected chi connectivity index (χ0v) is 8.73. The molecule has 2 aromatic carbocycles. The summed E-state index contributed by atoms with van der Waals surface area (Å²) in [6, 6.07) is 10.9. The van der Waals surface area contributed by atoms with E-state index in [-0.39, 0.29) is 0 Å². The molecule has 78 valence electrons. The number of ether oxygens (including phenoxy) is 1. The van der Waals surface area contributed by atoms with Crippen molar-refractivity contribution in [3.05, 3.63) is 53.4 Å². The Balaban J connectivity index is 2.85. The van der Waals surface area contributed by atoms with Gasteiger partial charge in [0.05, 0.1) is 19.2 Å². The van der Waals surface area contributed by atoms with Crippen LogP contribution in [-0.2, 0) is 4.74 Å². The largest absolute Gasteiger partial charge is 0.466 e. The fourth-order valence-electron chi connectivity index (χ4n) is 1.67. The first kappa shape index (κ1) is 10.2. The minimum absolute atomic E-state index is 0.325. The van der Waals surface area contributed by atoms with Crippen LogP contribution >= 0.6 is 0 Å². The molecule has 0 aliphatic heterocycles. The van der Waals surface area contributed by atoms with E-state index < -0.39 is 5.97 Å². The monoisotopic (exact) mass is 211 g/mol. The summed E-state index contributed by atoms with van der Waals surface area (Å²) in [5, 5.41) is 1.68. The van der Waals surface area contributed by atoms with Gasteiger partial charge >= 0.3 is 5.97 Å². The lowest BCUT2D eigenvalue weighted by molar-refractivity contribution is 0.0604. The summed E-state index contributed by atoms with van der Waals surface area (Å²) >= 11 is 0. The van der Waals surface area contributed by atoms with Crippen LogP contribution in [0.3, 0.4) is 0 Å². The molecule has 0 saturated carbocycles. The molecule has 0 radical (unpaired) electrons. The molecule has 3 nitrogen and oxygen atoms in total. The third-order valence-corrected chi connectivity index (χ3v) is 2.42. The molecule has 0 aliphatic rings. The van der Waals surface area contributed by atoms with Gasteiger partial charge in [-0.1, -0.05) is 36.4 Å². The van der Waals surface area contributed by atoms with Gasteiger partial charge in [0, 0.05) is 0 Å². The molecule has 0 fully saturated rings. The number of hydrogen-bond donors (Lipinski definition) is 0. The van der Waals surface area contributed by atoms with E-state index in [0.29, 0.717) is 11.3 Å². The first-order valence-electron chi connectivity index (χ1n) is 4.75. The van der Waals surface area contributed by atoms with Gasteiger partial charge in [-0.15, -0.1) is 0 Å². The van der Waals surface area contributed by atoms with Crippen molar-refractivity contribution in [2.24, 2.45) is 0 Å². The summed E-state index contributed by atoms with van der Waals surface area (Å²) in [5.41, 5.74) is 0.668. The Morgan fingerprint density at radius 3 is 2.69 bits per heavy atom. The number of esters is 1. The Bertz CT molecular complexity index is 596. The van der Waals surface area contributed by atoms with Crippen LogP contribution in [0.15, 0.2) is 36.4 Å². The molecule has 2 rings (SSSR count). The van der Waals surface area contributed by atoms with Crippen LogP contribution in [0.5, 0.6) is 0 Å². The van der Waals surface area contributed by atoms with Crippen LogP contribution in [0.4, 0.5) is 5.69 Å². The summed E-state index contributed by atoms with van der Waals surface area (Å²) < 4.78 is 4.70. The average Bonchev–Trinajstić information content (AvgIpc) is 2.36. The van der Waals surface area contributed by atoms with Crippen LogP contribution in [0, 0.1) is 6.57 Å². The zero-order chi connectivity index (χ0) is 11.5. The summed E-state index contributed by atoms with van der Waals surface area (Å²) in [7, 11) is 1.32. The first-order valence-corrected chi connectivity index (χ1v) is 4.75. The van der Waals surface area contributed by atoms with E-state index in [2.05, 4.69) is 4.85 Å². The molecular formula is C13H9NO2. The molecule has 0 atom stereocenters. The van der Waals surface area contributed by atoms with E-state index >= 15 is 0 Å². The third kappa shape index (κ3) is 1.51. The second-order valence-electron chi connectivity index (χ2n) is 3.28. The van der Waals surface area contributed by atoms with Gasteiger partial charge in [0.2, 0.25) is 5.69 Å². The van der Waals surface area contributed by atoms with E-state index in [9.17, 15) is 4.79 Å². The second-order valence-corrected chi connectivity index (χ2v) is 3.28. The van der Waals surface area contributed by atoms with Gasteiger partial charge in [-0.2, -0.15) is 0 Å². The molecule has 3 heteroatoms. The van der Waals surface area contributed by atoms with Crippen molar-refractivity contribution in [2.75, 3.05) is 7.11 Å². The Morgan fingerprint density at radius 2 is 2.00 bits per heavy atom. The summed E-state index contributed by atoms with van der Waals surface area (Å²) in [5.74, 6) is -0.470. The highest BCUT2D eigenvalue weighted by Gasteiger charge is 2.15. The predicted molar refractivity (Wildman–Crippen MR) is 61.5 cm³/mol. The topological polar surface area (TPSA) is 30.7 Å². The summed E-state index contributed by atoms with van der Waals surface area (Å²) in [4.78, 5) is 15.0. The Kier molecular flexibility index (Phi) is 2.57. The first-order chi connectivity index (χ1) is 7.77. The molecule has 2 aromatic rings. The van der Waals surface area contributed by atoms with Gasteiger partial charge in [0.1, 0.15) is 0 Å². The van der Waals surface area contributed by atoms with Gasteiger partial charge in [-0.25, -0.2) is 9.64 Å². The molecule has 0 N–H and O–H groups in total.